The van der Waals surface area contributed by atoms with Crippen LogP contribution in [0.15, 0.2) is 18.2 Å². The van der Waals surface area contributed by atoms with Crippen LogP contribution in [-0.2, 0) is 14.6 Å². The minimum atomic E-state index is -3.42. The van der Waals surface area contributed by atoms with Gasteiger partial charge in [-0.25, -0.2) is 12.8 Å². The Bertz CT molecular complexity index is 513. The first-order valence-corrected chi connectivity index (χ1v) is 6.36. The summed E-state index contributed by atoms with van der Waals surface area (Å²) in [6, 6.07) is 3.71. The van der Waals surface area contributed by atoms with Gasteiger partial charge in [-0.3, -0.25) is 4.79 Å². The smallest absolute Gasteiger partial charge is 0.239 e. The largest absolute Gasteiger partial charge is 0.399 e. The monoisotopic (exact) mass is 246 g/mol. The van der Waals surface area contributed by atoms with Gasteiger partial charge in [-0.1, -0.05) is 0 Å². The molecule has 5 nitrogen and oxygen atoms in total. The van der Waals surface area contributed by atoms with Crippen molar-refractivity contribution in [1.29, 1.82) is 0 Å². The lowest BCUT2D eigenvalue weighted by atomic mass is 10.2. The third kappa shape index (κ3) is 3.85. The van der Waals surface area contributed by atoms with E-state index in [1.807, 2.05) is 0 Å². The van der Waals surface area contributed by atoms with Crippen molar-refractivity contribution in [3.05, 3.63) is 24.0 Å². The first kappa shape index (κ1) is 12.4. The summed E-state index contributed by atoms with van der Waals surface area (Å²) in [5.41, 5.74) is 5.44. The van der Waals surface area contributed by atoms with Crippen molar-refractivity contribution in [2.45, 2.75) is 0 Å². The molecule has 1 amide bonds. The van der Waals surface area contributed by atoms with E-state index in [0.717, 1.165) is 12.3 Å². The van der Waals surface area contributed by atoms with Gasteiger partial charge in [0.05, 0.1) is 5.69 Å². The molecular weight excluding hydrogens is 235 g/mol. The van der Waals surface area contributed by atoms with Crippen molar-refractivity contribution >= 4 is 27.1 Å². The van der Waals surface area contributed by atoms with Gasteiger partial charge >= 0.3 is 0 Å². The van der Waals surface area contributed by atoms with Gasteiger partial charge in [0, 0.05) is 11.9 Å². The first-order chi connectivity index (χ1) is 7.28. The Balaban J connectivity index is 2.78. The molecular formula is C9H11FN2O3S. The molecule has 0 aliphatic carbocycles. The van der Waals surface area contributed by atoms with E-state index in [1.165, 1.54) is 12.1 Å². The number of carbonyl (C=O) groups is 1. The molecule has 0 bridgehead atoms. The van der Waals surface area contributed by atoms with Gasteiger partial charge in [0.2, 0.25) is 5.91 Å². The van der Waals surface area contributed by atoms with Crippen LogP contribution in [0.1, 0.15) is 0 Å². The molecule has 0 spiro atoms. The predicted molar refractivity (Wildman–Crippen MR) is 59.2 cm³/mol. The van der Waals surface area contributed by atoms with Gasteiger partial charge in [0.1, 0.15) is 11.6 Å². The summed E-state index contributed by atoms with van der Waals surface area (Å²) in [6.07, 6.45) is 0.923. The number of halogens is 1. The van der Waals surface area contributed by atoms with Crippen LogP contribution in [0.2, 0.25) is 0 Å². The SMILES string of the molecule is CS(=O)(=O)CC(=O)Nc1ccc(N)cc1F. The third-order valence-corrected chi connectivity index (χ3v) is 2.45. The fourth-order valence-corrected chi connectivity index (χ4v) is 1.61. The highest BCUT2D eigenvalue weighted by Gasteiger charge is 2.12. The van der Waals surface area contributed by atoms with Crippen LogP contribution in [0.3, 0.4) is 0 Å². The number of nitrogens with one attached hydrogen (secondary N) is 1. The number of sulfone groups is 1. The fraction of sp³-hybridized carbons (Fsp3) is 0.222. The first-order valence-electron chi connectivity index (χ1n) is 4.30. The minimum absolute atomic E-state index is 0.0946. The Morgan fingerprint density at radius 1 is 1.50 bits per heavy atom. The number of hydrogen-bond acceptors (Lipinski definition) is 4. The predicted octanol–water partition coefficient (Wildman–Crippen LogP) is 0.391. The van der Waals surface area contributed by atoms with Crippen LogP contribution >= 0.6 is 0 Å². The van der Waals surface area contributed by atoms with E-state index in [-0.39, 0.29) is 11.4 Å². The maximum Gasteiger partial charge on any atom is 0.239 e. The zero-order valence-corrected chi connectivity index (χ0v) is 9.34. The van der Waals surface area contributed by atoms with E-state index >= 15 is 0 Å². The molecule has 0 aromatic heterocycles. The van der Waals surface area contributed by atoms with Crippen molar-refractivity contribution in [2.75, 3.05) is 23.1 Å². The number of nitrogens with two attached hydrogens (primary N) is 1. The van der Waals surface area contributed by atoms with Crippen molar-refractivity contribution in [3.8, 4) is 0 Å². The molecule has 0 saturated carbocycles. The quantitative estimate of drug-likeness (QED) is 0.755. The van der Waals surface area contributed by atoms with E-state index in [4.69, 9.17) is 5.73 Å². The average molecular weight is 246 g/mol. The third-order valence-electron chi connectivity index (χ3n) is 1.66. The summed E-state index contributed by atoms with van der Waals surface area (Å²) in [5.74, 6) is -2.18. The highest BCUT2D eigenvalue weighted by Crippen LogP contribution is 2.16. The molecule has 0 atom stereocenters. The summed E-state index contributed by atoms with van der Waals surface area (Å²) in [7, 11) is -3.42. The summed E-state index contributed by atoms with van der Waals surface area (Å²) in [5, 5.41) is 2.15. The summed E-state index contributed by atoms with van der Waals surface area (Å²) in [4.78, 5) is 11.2. The van der Waals surface area contributed by atoms with Crippen LogP contribution < -0.4 is 11.1 Å². The molecule has 0 heterocycles. The van der Waals surface area contributed by atoms with Gasteiger partial charge in [0.15, 0.2) is 9.84 Å². The van der Waals surface area contributed by atoms with Crippen LogP contribution in [0, 0.1) is 5.82 Å². The van der Waals surface area contributed by atoms with E-state index in [9.17, 15) is 17.6 Å². The van der Waals surface area contributed by atoms with Crippen molar-refractivity contribution in [2.24, 2.45) is 0 Å². The number of benzene rings is 1. The zero-order chi connectivity index (χ0) is 12.3. The van der Waals surface area contributed by atoms with E-state index in [0.29, 0.717) is 0 Å². The van der Waals surface area contributed by atoms with Crippen LogP contribution in [0.4, 0.5) is 15.8 Å². The Kier molecular flexibility index (Phi) is 3.48. The van der Waals surface area contributed by atoms with E-state index in [2.05, 4.69) is 5.32 Å². The fourth-order valence-electron chi connectivity index (χ4n) is 1.06. The van der Waals surface area contributed by atoms with Gasteiger partial charge in [-0.05, 0) is 18.2 Å². The molecule has 1 rings (SSSR count). The van der Waals surface area contributed by atoms with Gasteiger partial charge in [0.25, 0.3) is 0 Å². The molecule has 0 aliphatic heterocycles. The maximum absolute atomic E-state index is 13.2. The second kappa shape index (κ2) is 4.48. The number of amides is 1. The summed E-state index contributed by atoms with van der Waals surface area (Å²) in [6.45, 7) is 0. The Labute approximate surface area is 92.4 Å². The van der Waals surface area contributed by atoms with Crippen molar-refractivity contribution in [1.82, 2.24) is 0 Å². The molecule has 7 heteroatoms. The number of rotatable bonds is 3. The van der Waals surface area contributed by atoms with Crippen LogP contribution in [-0.4, -0.2) is 26.3 Å². The molecule has 0 fully saturated rings. The number of anilines is 2. The van der Waals surface area contributed by atoms with E-state index in [1.54, 1.807) is 0 Å². The lowest BCUT2D eigenvalue weighted by Gasteiger charge is -2.05. The molecule has 88 valence electrons. The van der Waals surface area contributed by atoms with E-state index < -0.39 is 27.3 Å². The maximum atomic E-state index is 13.2. The zero-order valence-electron chi connectivity index (χ0n) is 8.53. The summed E-state index contributed by atoms with van der Waals surface area (Å²) >= 11 is 0. The highest BCUT2D eigenvalue weighted by molar-refractivity contribution is 7.91. The Hall–Kier alpha value is -1.63. The lowest BCUT2D eigenvalue weighted by molar-refractivity contribution is -0.113. The van der Waals surface area contributed by atoms with Crippen LogP contribution in [0.5, 0.6) is 0 Å². The number of hydrogen-bond donors (Lipinski definition) is 2. The molecule has 1 aromatic carbocycles. The molecule has 0 saturated heterocycles. The summed E-state index contributed by atoms with van der Waals surface area (Å²) < 4.78 is 34.8. The number of nitrogen functional groups attached to an aromatic ring is 1. The van der Waals surface area contributed by atoms with Gasteiger partial charge < -0.3 is 11.1 Å². The lowest BCUT2D eigenvalue weighted by Crippen LogP contribution is -2.22. The molecule has 16 heavy (non-hydrogen) atoms. The highest BCUT2D eigenvalue weighted by atomic mass is 32.2. The van der Waals surface area contributed by atoms with Crippen LogP contribution in [0.25, 0.3) is 0 Å². The van der Waals surface area contributed by atoms with Gasteiger partial charge in [-0.2, -0.15) is 0 Å². The second-order valence-electron chi connectivity index (χ2n) is 3.36. The number of carbonyl (C=O) groups excluding carboxylic acids is 1. The van der Waals surface area contributed by atoms with Gasteiger partial charge in [-0.15, -0.1) is 0 Å². The van der Waals surface area contributed by atoms with Crippen molar-refractivity contribution < 1.29 is 17.6 Å². The molecule has 3 N–H and O–H groups in total. The minimum Gasteiger partial charge on any atom is -0.399 e. The van der Waals surface area contributed by atoms with Crippen molar-refractivity contribution in [3.63, 3.8) is 0 Å². The average Bonchev–Trinajstić information content (AvgIpc) is 2.06. The normalized spacial score (nSPS) is 11.1. The Morgan fingerprint density at radius 3 is 2.62 bits per heavy atom. The molecule has 0 radical (unpaired) electrons. The second-order valence-corrected chi connectivity index (χ2v) is 5.50. The molecule has 0 unspecified atom stereocenters. The Morgan fingerprint density at radius 2 is 2.12 bits per heavy atom. The molecule has 1 aromatic rings. The molecule has 0 aliphatic rings. The standard InChI is InChI=1S/C9H11FN2O3S/c1-16(14,15)5-9(13)12-8-3-2-6(11)4-7(8)10/h2-4H,5,11H2,1H3,(H,12,13). The topological polar surface area (TPSA) is 89.3 Å².